The van der Waals surface area contributed by atoms with Gasteiger partial charge in [0.15, 0.2) is 0 Å². The molecule has 0 aliphatic carbocycles. The number of nitrogens with zero attached hydrogens (tertiary/aromatic N) is 1. The highest BCUT2D eigenvalue weighted by atomic mass is 19.1. The minimum Gasteiger partial charge on any atom is -0.381 e. The molecule has 3 aromatic rings. The molecule has 0 bridgehead atoms. The van der Waals surface area contributed by atoms with E-state index in [4.69, 9.17) is 0 Å². The number of aromatic amines is 1. The van der Waals surface area contributed by atoms with Crippen LogP contribution in [-0.2, 0) is 6.54 Å². The second-order valence-corrected chi connectivity index (χ2v) is 4.98. The highest BCUT2D eigenvalue weighted by Gasteiger charge is 2.02. The van der Waals surface area contributed by atoms with E-state index in [9.17, 15) is 4.39 Å². The van der Waals surface area contributed by atoms with Crippen molar-refractivity contribution in [2.75, 3.05) is 5.32 Å². The Kier molecular flexibility index (Phi) is 3.69. The second kappa shape index (κ2) is 5.79. The van der Waals surface area contributed by atoms with Crippen LogP contribution in [0.3, 0.4) is 0 Å². The van der Waals surface area contributed by atoms with Crippen LogP contribution in [0.1, 0.15) is 11.1 Å². The third kappa shape index (κ3) is 3.11. The molecule has 0 saturated heterocycles. The lowest BCUT2D eigenvalue weighted by atomic mass is 10.1. The molecule has 0 amide bonds. The van der Waals surface area contributed by atoms with Crippen molar-refractivity contribution in [1.82, 2.24) is 10.2 Å². The number of H-pyrrole nitrogens is 1. The third-order valence-corrected chi connectivity index (χ3v) is 3.46. The number of aryl methyl sites for hydroxylation is 1. The van der Waals surface area contributed by atoms with Crippen LogP contribution in [0.25, 0.3) is 11.3 Å². The number of benzene rings is 2. The van der Waals surface area contributed by atoms with Gasteiger partial charge < -0.3 is 5.32 Å². The summed E-state index contributed by atoms with van der Waals surface area (Å²) < 4.78 is 13.1. The van der Waals surface area contributed by atoms with Gasteiger partial charge in [-0.2, -0.15) is 5.10 Å². The molecule has 0 atom stereocenters. The lowest BCUT2D eigenvalue weighted by Gasteiger charge is -2.10. The lowest BCUT2D eigenvalue weighted by molar-refractivity contribution is 0.625. The van der Waals surface area contributed by atoms with Gasteiger partial charge in [0.05, 0.1) is 5.69 Å². The summed E-state index contributed by atoms with van der Waals surface area (Å²) in [5.41, 5.74) is 5.12. The number of rotatable bonds is 4. The minimum absolute atomic E-state index is 0.197. The maximum absolute atomic E-state index is 13.1. The van der Waals surface area contributed by atoms with Crippen molar-refractivity contribution in [3.05, 3.63) is 71.7 Å². The standard InChI is InChI=1S/C17H16FN3/c1-12-9-15(18)6-5-14(12)11-19-16-4-2-3-13(10-16)17-7-8-20-21-17/h2-10,19H,11H2,1H3,(H,20,21). The first kappa shape index (κ1) is 13.4. The first-order chi connectivity index (χ1) is 10.2. The highest BCUT2D eigenvalue weighted by molar-refractivity contribution is 5.64. The Morgan fingerprint density at radius 3 is 2.81 bits per heavy atom. The summed E-state index contributed by atoms with van der Waals surface area (Å²) in [5.74, 6) is -0.197. The zero-order valence-corrected chi connectivity index (χ0v) is 11.7. The second-order valence-electron chi connectivity index (χ2n) is 4.98. The Labute approximate surface area is 122 Å². The molecule has 2 N–H and O–H groups in total. The zero-order valence-electron chi connectivity index (χ0n) is 11.7. The molecule has 0 radical (unpaired) electrons. The highest BCUT2D eigenvalue weighted by Crippen LogP contribution is 2.21. The fourth-order valence-corrected chi connectivity index (χ4v) is 2.27. The number of hydrogen-bond donors (Lipinski definition) is 2. The minimum atomic E-state index is -0.197. The molecule has 21 heavy (non-hydrogen) atoms. The predicted octanol–water partition coefficient (Wildman–Crippen LogP) is 4.14. The van der Waals surface area contributed by atoms with E-state index in [1.54, 1.807) is 12.3 Å². The summed E-state index contributed by atoms with van der Waals surface area (Å²) in [5, 5.41) is 10.3. The SMILES string of the molecule is Cc1cc(F)ccc1CNc1cccc(-c2ccn[nH]2)c1. The van der Waals surface area contributed by atoms with Crippen LogP contribution in [0.2, 0.25) is 0 Å². The smallest absolute Gasteiger partial charge is 0.123 e. The normalized spacial score (nSPS) is 10.6. The molecule has 0 fully saturated rings. The number of aromatic nitrogens is 2. The van der Waals surface area contributed by atoms with Crippen molar-refractivity contribution in [2.45, 2.75) is 13.5 Å². The molecule has 0 saturated carbocycles. The largest absolute Gasteiger partial charge is 0.381 e. The maximum atomic E-state index is 13.1. The Morgan fingerprint density at radius 2 is 2.05 bits per heavy atom. The molecule has 0 aliphatic rings. The van der Waals surface area contributed by atoms with E-state index in [1.165, 1.54) is 6.07 Å². The van der Waals surface area contributed by atoms with Crippen molar-refractivity contribution in [1.29, 1.82) is 0 Å². The topological polar surface area (TPSA) is 40.7 Å². The van der Waals surface area contributed by atoms with E-state index >= 15 is 0 Å². The summed E-state index contributed by atoms with van der Waals surface area (Å²) >= 11 is 0. The summed E-state index contributed by atoms with van der Waals surface area (Å²) in [7, 11) is 0. The summed E-state index contributed by atoms with van der Waals surface area (Å²) in [4.78, 5) is 0. The summed E-state index contributed by atoms with van der Waals surface area (Å²) in [6.07, 6.45) is 1.73. The molecule has 1 heterocycles. The first-order valence-corrected chi connectivity index (χ1v) is 6.81. The van der Waals surface area contributed by atoms with Gasteiger partial charge in [0.25, 0.3) is 0 Å². The van der Waals surface area contributed by atoms with Gasteiger partial charge in [-0.25, -0.2) is 4.39 Å². The first-order valence-electron chi connectivity index (χ1n) is 6.81. The molecular formula is C17H16FN3. The molecule has 106 valence electrons. The molecule has 0 aliphatic heterocycles. The van der Waals surface area contributed by atoms with Gasteiger partial charge in [-0.15, -0.1) is 0 Å². The fraction of sp³-hybridized carbons (Fsp3) is 0.118. The molecule has 4 heteroatoms. The van der Waals surface area contributed by atoms with Gasteiger partial charge in [-0.05, 0) is 48.4 Å². The van der Waals surface area contributed by atoms with Crippen LogP contribution in [0, 0.1) is 12.7 Å². The number of anilines is 1. The third-order valence-electron chi connectivity index (χ3n) is 3.46. The van der Waals surface area contributed by atoms with E-state index in [2.05, 4.69) is 21.6 Å². The quantitative estimate of drug-likeness (QED) is 0.754. The Bertz CT molecular complexity index is 736. The molecule has 2 aromatic carbocycles. The molecule has 3 rings (SSSR count). The Morgan fingerprint density at radius 1 is 1.14 bits per heavy atom. The number of nitrogens with one attached hydrogen (secondary N) is 2. The Hall–Kier alpha value is -2.62. The number of halogens is 1. The average molecular weight is 281 g/mol. The van der Waals surface area contributed by atoms with Crippen molar-refractivity contribution in [3.8, 4) is 11.3 Å². The van der Waals surface area contributed by atoms with Gasteiger partial charge >= 0.3 is 0 Å². The van der Waals surface area contributed by atoms with Gasteiger partial charge in [-0.3, -0.25) is 5.10 Å². The Balaban J connectivity index is 1.75. The van der Waals surface area contributed by atoms with Crippen LogP contribution in [0.5, 0.6) is 0 Å². The number of hydrogen-bond acceptors (Lipinski definition) is 2. The van der Waals surface area contributed by atoms with E-state index in [-0.39, 0.29) is 5.82 Å². The summed E-state index contributed by atoms with van der Waals surface area (Å²) in [6, 6.07) is 14.9. The molecule has 0 spiro atoms. The van der Waals surface area contributed by atoms with Crippen molar-refractivity contribution < 1.29 is 4.39 Å². The van der Waals surface area contributed by atoms with E-state index in [0.717, 1.165) is 28.1 Å². The van der Waals surface area contributed by atoms with E-state index < -0.39 is 0 Å². The van der Waals surface area contributed by atoms with E-state index in [1.807, 2.05) is 37.3 Å². The van der Waals surface area contributed by atoms with Gasteiger partial charge in [0, 0.05) is 24.0 Å². The average Bonchev–Trinajstić information content (AvgIpc) is 3.01. The van der Waals surface area contributed by atoms with Crippen LogP contribution >= 0.6 is 0 Å². The van der Waals surface area contributed by atoms with Crippen molar-refractivity contribution in [2.24, 2.45) is 0 Å². The summed E-state index contributed by atoms with van der Waals surface area (Å²) in [6.45, 7) is 2.58. The molecular weight excluding hydrogens is 265 g/mol. The fourth-order valence-electron chi connectivity index (χ4n) is 2.27. The van der Waals surface area contributed by atoms with Crippen LogP contribution in [0.4, 0.5) is 10.1 Å². The van der Waals surface area contributed by atoms with Gasteiger partial charge in [0.2, 0.25) is 0 Å². The van der Waals surface area contributed by atoms with Crippen LogP contribution in [-0.4, -0.2) is 10.2 Å². The van der Waals surface area contributed by atoms with E-state index in [0.29, 0.717) is 6.54 Å². The maximum Gasteiger partial charge on any atom is 0.123 e. The van der Waals surface area contributed by atoms with Crippen molar-refractivity contribution >= 4 is 5.69 Å². The zero-order chi connectivity index (χ0) is 14.7. The monoisotopic (exact) mass is 281 g/mol. The lowest BCUT2D eigenvalue weighted by Crippen LogP contribution is -2.01. The molecule has 1 aromatic heterocycles. The van der Waals surface area contributed by atoms with Crippen molar-refractivity contribution in [3.63, 3.8) is 0 Å². The van der Waals surface area contributed by atoms with Gasteiger partial charge in [-0.1, -0.05) is 18.2 Å². The molecule has 3 nitrogen and oxygen atoms in total. The molecule has 0 unspecified atom stereocenters. The van der Waals surface area contributed by atoms with Gasteiger partial charge in [0.1, 0.15) is 5.82 Å². The predicted molar refractivity (Wildman–Crippen MR) is 82.5 cm³/mol. The van der Waals surface area contributed by atoms with Crippen LogP contribution in [0.15, 0.2) is 54.7 Å². The van der Waals surface area contributed by atoms with Crippen LogP contribution < -0.4 is 5.32 Å².